The number of methoxy groups -OCH3 is 2. The van der Waals surface area contributed by atoms with Gasteiger partial charge >= 0.3 is 0 Å². The van der Waals surface area contributed by atoms with Crippen LogP contribution in [0, 0.1) is 0 Å². The number of fused-ring (bicyclic) bond motifs is 2. The predicted octanol–water partition coefficient (Wildman–Crippen LogP) is 3.84. The molecule has 0 aliphatic heterocycles. The van der Waals surface area contributed by atoms with E-state index in [0.717, 1.165) is 22.0 Å². The summed E-state index contributed by atoms with van der Waals surface area (Å²) in [7, 11) is 3.20. The van der Waals surface area contributed by atoms with Crippen molar-refractivity contribution in [3.8, 4) is 11.5 Å². The molecule has 0 saturated carbocycles. The van der Waals surface area contributed by atoms with Gasteiger partial charge in [-0.1, -0.05) is 42.5 Å². The van der Waals surface area contributed by atoms with E-state index in [1.807, 2.05) is 66.9 Å². The standard InChI is InChI=1S/C28H26N4O4/c1-35-25-13-7-9-19(28(25)36-2)21(20-14-29-22-10-4-3-8-18(20)22)15-31-26(33)17-32-24-12-6-5-11-23(24)30-16-27(32)34/h3-14,16,21,29H,15,17H2,1-2H3,(H,31,33). The highest BCUT2D eigenvalue weighted by molar-refractivity contribution is 5.85. The number of nitrogens with one attached hydrogen (secondary N) is 2. The van der Waals surface area contributed by atoms with E-state index in [4.69, 9.17) is 9.47 Å². The number of ether oxygens (including phenoxy) is 2. The van der Waals surface area contributed by atoms with Crippen molar-refractivity contribution in [1.29, 1.82) is 0 Å². The van der Waals surface area contributed by atoms with Crippen LogP contribution in [0.5, 0.6) is 11.5 Å². The van der Waals surface area contributed by atoms with Crippen molar-refractivity contribution in [3.63, 3.8) is 0 Å². The maximum Gasteiger partial charge on any atom is 0.269 e. The van der Waals surface area contributed by atoms with Gasteiger partial charge in [-0.05, 0) is 29.8 Å². The number of para-hydroxylation sites is 4. The van der Waals surface area contributed by atoms with Crippen molar-refractivity contribution in [1.82, 2.24) is 19.9 Å². The van der Waals surface area contributed by atoms with Gasteiger partial charge in [0.25, 0.3) is 5.56 Å². The fourth-order valence-electron chi connectivity index (χ4n) is 4.65. The molecule has 1 atom stereocenters. The van der Waals surface area contributed by atoms with Gasteiger partial charge in [0.15, 0.2) is 11.5 Å². The van der Waals surface area contributed by atoms with Crippen molar-refractivity contribution >= 4 is 27.8 Å². The Labute approximate surface area is 207 Å². The molecule has 1 unspecified atom stereocenters. The molecule has 0 radical (unpaired) electrons. The average molecular weight is 483 g/mol. The van der Waals surface area contributed by atoms with Crippen LogP contribution in [0.2, 0.25) is 0 Å². The molecule has 2 heterocycles. The monoisotopic (exact) mass is 482 g/mol. The minimum atomic E-state index is -0.327. The zero-order valence-electron chi connectivity index (χ0n) is 20.0. The van der Waals surface area contributed by atoms with Crippen LogP contribution in [0.15, 0.2) is 83.9 Å². The lowest BCUT2D eigenvalue weighted by atomic mass is 9.90. The summed E-state index contributed by atoms with van der Waals surface area (Å²) in [6, 6.07) is 21.0. The number of H-pyrrole nitrogens is 1. The first-order valence-corrected chi connectivity index (χ1v) is 11.6. The normalized spacial score (nSPS) is 11.9. The van der Waals surface area contributed by atoms with E-state index in [-0.39, 0.29) is 23.9 Å². The number of amides is 1. The van der Waals surface area contributed by atoms with E-state index in [9.17, 15) is 9.59 Å². The number of hydrogen-bond acceptors (Lipinski definition) is 5. The number of aromatic amines is 1. The van der Waals surface area contributed by atoms with Gasteiger partial charge in [0.1, 0.15) is 6.54 Å². The molecule has 0 aliphatic carbocycles. The maximum absolute atomic E-state index is 13.1. The van der Waals surface area contributed by atoms with Crippen molar-refractivity contribution in [2.45, 2.75) is 12.5 Å². The number of rotatable bonds is 8. The summed E-state index contributed by atoms with van der Waals surface area (Å²) in [6.07, 6.45) is 3.20. The number of benzene rings is 3. The molecule has 8 heteroatoms. The Morgan fingerprint density at radius 1 is 1.00 bits per heavy atom. The Morgan fingerprint density at radius 2 is 1.81 bits per heavy atom. The van der Waals surface area contributed by atoms with Gasteiger partial charge in [0.2, 0.25) is 5.91 Å². The number of nitrogens with zero attached hydrogens (tertiary/aromatic N) is 2. The summed E-state index contributed by atoms with van der Waals surface area (Å²) in [5.41, 5.74) is 3.84. The number of carbonyl (C=O) groups excluding carboxylic acids is 1. The molecular weight excluding hydrogens is 456 g/mol. The Bertz CT molecular complexity index is 1600. The van der Waals surface area contributed by atoms with Crippen LogP contribution in [0.1, 0.15) is 17.0 Å². The van der Waals surface area contributed by atoms with Crippen LogP contribution in [0.3, 0.4) is 0 Å². The van der Waals surface area contributed by atoms with Gasteiger partial charge in [0, 0.05) is 35.1 Å². The second kappa shape index (κ2) is 9.95. The smallest absolute Gasteiger partial charge is 0.269 e. The van der Waals surface area contributed by atoms with Gasteiger partial charge in [-0.25, -0.2) is 4.98 Å². The number of carbonyl (C=O) groups is 1. The van der Waals surface area contributed by atoms with Crippen molar-refractivity contribution in [2.24, 2.45) is 0 Å². The first-order chi connectivity index (χ1) is 17.6. The molecule has 0 aliphatic rings. The SMILES string of the molecule is COc1cccc(C(CNC(=O)Cn2c(=O)cnc3ccccc32)c2c[nH]c3ccccc23)c1OC. The van der Waals surface area contributed by atoms with Crippen LogP contribution in [0.25, 0.3) is 21.9 Å². The zero-order chi connectivity index (χ0) is 25.1. The molecule has 0 fully saturated rings. The van der Waals surface area contributed by atoms with Gasteiger partial charge in [-0.2, -0.15) is 0 Å². The van der Waals surface area contributed by atoms with Crippen molar-refractivity contribution < 1.29 is 14.3 Å². The van der Waals surface area contributed by atoms with E-state index in [1.165, 1.54) is 10.8 Å². The summed E-state index contributed by atoms with van der Waals surface area (Å²) < 4.78 is 12.7. The lowest BCUT2D eigenvalue weighted by Gasteiger charge is -2.22. The Kier molecular flexibility index (Phi) is 6.40. The van der Waals surface area contributed by atoms with Crippen LogP contribution in [0.4, 0.5) is 0 Å². The molecule has 3 aromatic carbocycles. The van der Waals surface area contributed by atoms with Crippen LogP contribution in [-0.2, 0) is 11.3 Å². The molecule has 5 aromatic rings. The van der Waals surface area contributed by atoms with E-state index >= 15 is 0 Å². The zero-order valence-corrected chi connectivity index (χ0v) is 20.0. The second-order valence-corrected chi connectivity index (χ2v) is 8.40. The Hall–Kier alpha value is -4.59. The topological polar surface area (TPSA) is 98.2 Å². The van der Waals surface area contributed by atoms with Crippen LogP contribution >= 0.6 is 0 Å². The second-order valence-electron chi connectivity index (χ2n) is 8.40. The first-order valence-electron chi connectivity index (χ1n) is 11.6. The highest BCUT2D eigenvalue weighted by atomic mass is 16.5. The molecule has 8 nitrogen and oxygen atoms in total. The maximum atomic E-state index is 13.1. The molecule has 182 valence electrons. The van der Waals surface area contributed by atoms with Gasteiger partial charge < -0.3 is 19.8 Å². The van der Waals surface area contributed by atoms with Gasteiger partial charge in [-0.3, -0.25) is 14.2 Å². The fraction of sp³-hybridized carbons (Fsp3) is 0.179. The Balaban J connectivity index is 1.49. The van der Waals surface area contributed by atoms with Crippen molar-refractivity contribution in [3.05, 3.63) is 101 Å². The predicted molar refractivity (Wildman–Crippen MR) is 139 cm³/mol. The quantitative estimate of drug-likeness (QED) is 0.350. The van der Waals surface area contributed by atoms with E-state index in [1.54, 1.807) is 20.3 Å². The summed E-state index contributed by atoms with van der Waals surface area (Å²) in [6.45, 7) is 0.180. The first kappa shape index (κ1) is 23.2. The molecule has 5 rings (SSSR count). The summed E-state index contributed by atoms with van der Waals surface area (Å²) in [4.78, 5) is 33.1. The van der Waals surface area contributed by atoms with E-state index in [2.05, 4.69) is 15.3 Å². The van der Waals surface area contributed by atoms with Crippen LogP contribution in [-0.4, -0.2) is 41.2 Å². The third-order valence-electron chi connectivity index (χ3n) is 6.36. The fourth-order valence-corrected chi connectivity index (χ4v) is 4.65. The van der Waals surface area contributed by atoms with Gasteiger partial charge in [-0.15, -0.1) is 0 Å². The molecule has 0 spiro atoms. The highest BCUT2D eigenvalue weighted by Gasteiger charge is 2.24. The third-order valence-corrected chi connectivity index (χ3v) is 6.36. The van der Waals surface area contributed by atoms with Crippen LogP contribution < -0.4 is 20.3 Å². The highest BCUT2D eigenvalue weighted by Crippen LogP contribution is 2.40. The largest absolute Gasteiger partial charge is 0.493 e. The minimum absolute atomic E-state index is 0.113. The number of aromatic nitrogens is 3. The molecule has 1 amide bonds. The molecule has 0 bridgehead atoms. The summed E-state index contributed by atoms with van der Waals surface area (Å²) in [5.74, 6) is 0.711. The molecule has 36 heavy (non-hydrogen) atoms. The third kappa shape index (κ3) is 4.29. The molecule has 2 N–H and O–H groups in total. The van der Waals surface area contributed by atoms with Gasteiger partial charge in [0.05, 0.1) is 31.4 Å². The van der Waals surface area contributed by atoms with E-state index < -0.39 is 0 Å². The molecule has 0 saturated heterocycles. The minimum Gasteiger partial charge on any atom is -0.493 e. The summed E-state index contributed by atoms with van der Waals surface area (Å²) in [5, 5.41) is 4.09. The lowest BCUT2D eigenvalue weighted by Crippen LogP contribution is -2.35. The molecule has 2 aromatic heterocycles. The lowest BCUT2D eigenvalue weighted by molar-refractivity contribution is -0.121. The molecular formula is C28H26N4O4. The average Bonchev–Trinajstić information content (AvgIpc) is 3.34. The number of hydrogen-bond donors (Lipinski definition) is 2. The van der Waals surface area contributed by atoms with Crippen molar-refractivity contribution in [2.75, 3.05) is 20.8 Å². The summed E-state index contributed by atoms with van der Waals surface area (Å²) >= 11 is 0. The Morgan fingerprint density at radius 3 is 2.64 bits per heavy atom. The van der Waals surface area contributed by atoms with E-state index in [0.29, 0.717) is 29.1 Å².